The fourth-order valence-corrected chi connectivity index (χ4v) is 1.22. The van der Waals surface area contributed by atoms with Crippen molar-refractivity contribution in [3.8, 4) is 12.1 Å². The molecular formula is C10H11F3N2. The van der Waals surface area contributed by atoms with Crippen molar-refractivity contribution in [1.82, 2.24) is 0 Å². The fraction of sp³-hybridized carbons (Fsp3) is 0.600. The minimum absolute atomic E-state index is 0.0793. The van der Waals surface area contributed by atoms with E-state index < -0.39 is 24.4 Å². The Balaban J connectivity index is 4.74. The molecule has 0 spiro atoms. The van der Waals surface area contributed by atoms with E-state index in [2.05, 4.69) is 0 Å². The van der Waals surface area contributed by atoms with E-state index in [0.717, 1.165) is 0 Å². The molecule has 0 aromatic rings. The Bertz CT molecular complexity index is 303. The van der Waals surface area contributed by atoms with Gasteiger partial charge in [0, 0.05) is 5.92 Å². The lowest BCUT2D eigenvalue weighted by Crippen LogP contribution is -2.17. The van der Waals surface area contributed by atoms with Crippen LogP contribution in [-0.2, 0) is 0 Å². The van der Waals surface area contributed by atoms with Crippen LogP contribution in [0.2, 0.25) is 0 Å². The van der Waals surface area contributed by atoms with Crippen LogP contribution in [0.3, 0.4) is 0 Å². The average molecular weight is 216 g/mol. The molecule has 1 atom stereocenters. The van der Waals surface area contributed by atoms with Gasteiger partial charge in [0.05, 0.1) is 18.6 Å². The highest BCUT2D eigenvalue weighted by Crippen LogP contribution is 2.31. The standard InChI is InChI=1S/C10H11F3N2/c1-3-8(4-10(11,12)13)7(2)9(5-14)6-15/h3,7,9H,4H2,1-2H3/b8-3-. The fourth-order valence-electron chi connectivity index (χ4n) is 1.22. The Morgan fingerprint density at radius 1 is 1.33 bits per heavy atom. The number of alkyl halides is 3. The summed E-state index contributed by atoms with van der Waals surface area (Å²) in [4.78, 5) is 0. The van der Waals surface area contributed by atoms with Gasteiger partial charge in [-0.15, -0.1) is 0 Å². The van der Waals surface area contributed by atoms with Gasteiger partial charge in [-0.1, -0.05) is 18.6 Å². The van der Waals surface area contributed by atoms with E-state index in [1.807, 2.05) is 0 Å². The first-order chi connectivity index (χ1) is 6.85. The Labute approximate surface area is 86.6 Å². The van der Waals surface area contributed by atoms with Crippen molar-refractivity contribution < 1.29 is 13.2 Å². The van der Waals surface area contributed by atoms with Crippen LogP contribution in [0.5, 0.6) is 0 Å². The highest BCUT2D eigenvalue weighted by atomic mass is 19.4. The first-order valence-corrected chi connectivity index (χ1v) is 4.36. The SMILES string of the molecule is C/C=C(/CC(F)(F)F)C(C)C(C#N)C#N. The lowest BCUT2D eigenvalue weighted by atomic mass is 9.87. The summed E-state index contributed by atoms with van der Waals surface area (Å²) in [5, 5.41) is 17.1. The van der Waals surface area contributed by atoms with E-state index in [1.54, 1.807) is 12.1 Å². The molecule has 0 aliphatic carbocycles. The quantitative estimate of drug-likeness (QED) is 0.680. The molecule has 0 aromatic heterocycles. The number of allylic oxidation sites excluding steroid dienone is 2. The minimum Gasteiger partial charge on any atom is -0.197 e. The van der Waals surface area contributed by atoms with Gasteiger partial charge in [-0.05, 0) is 6.92 Å². The van der Waals surface area contributed by atoms with E-state index in [1.165, 1.54) is 19.9 Å². The molecular weight excluding hydrogens is 205 g/mol. The number of halogens is 3. The molecule has 0 saturated carbocycles. The van der Waals surface area contributed by atoms with Crippen LogP contribution in [0, 0.1) is 34.5 Å². The Morgan fingerprint density at radius 2 is 1.80 bits per heavy atom. The van der Waals surface area contributed by atoms with E-state index in [4.69, 9.17) is 10.5 Å². The van der Waals surface area contributed by atoms with Gasteiger partial charge in [-0.25, -0.2) is 0 Å². The number of hydrogen-bond donors (Lipinski definition) is 0. The second-order valence-electron chi connectivity index (χ2n) is 3.18. The number of rotatable bonds is 3. The van der Waals surface area contributed by atoms with Crippen molar-refractivity contribution in [2.24, 2.45) is 11.8 Å². The van der Waals surface area contributed by atoms with Crippen molar-refractivity contribution in [1.29, 1.82) is 10.5 Å². The summed E-state index contributed by atoms with van der Waals surface area (Å²) in [5.74, 6) is -1.72. The lowest BCUT2D eigenvalue weighted by Gasteiger charge is -2.17. The van der Waals surface area contributed by atoms with Crippen LogP contribution in [-0.4, -0.2) is 6.18 Å². The second kappa shape index (κ2) is 5.41. The summed E-state index contributed by atoms with van der Waals surface area (Å²) in [5.41, 5.74) is 0.0793. The van der Waals surface area contributed by atoms with E-state index in [0.29, 0.717) is 0 Å². The van der Waals surface area contributed by atoms with E-state index in [9.17, 15) is 13.2 Å². The molecule has 0 saturated heterocycles. The summed E-state index contributed by atoms with van der Waals surface area (Å²) in [7, 11) is 0. The van der Waals surface area contributed by atoms with Crippen molar-refractivity contribution in [2.45, 2.75) is 26.4 Å². The molecule has 0 amide bonds. The molecule has 0 aliphatic heterocycles. The average Bonchev–Trinajstić information content (AvgIpc) is 2.14. The Kier molecular flexibility index (Phi) is 4.87. The molecule has 0 radical (unpaired) electrons. The molecule has 2 nitrogen and oxygen atoms in total. The zero-order valence-corrected chi connectivity index (χ0v) is 8.47. The highest BCUT2D eigenvalue weighted by Gasteiger charge is 2.32. The van der Waals surface area contributed by atoms with Gasteiger partial charge < -0.3 is 0 Å². The molecule has 15 heavy (non-hydrogen) atoms. The Morgan fingerprint density at radius 3 is 2.07 bits per heavy atom. The van der Waals surface area contributed by atoms with Gasteiger partial charge in [0.2, 0.25) is 0 Å². The van der Waals surface area contributed by atoms with E-state index in [-0.39, 0.29) is 5.57 Å². The van der Waals surface area contributed by atoms with Crippen LogP contribution < -0.4 is 0 Å². The van der Waals surface area contributed by atoms with Crippen molar-refractivity contribution in [3.63, 3.8) is 0 Å². The predicted molar refractivity (Wildman–Crippen MR) is 48.3 cm³/mol. The number of nitrogens with zero attached hydrogens (tertiary/aromatic N) is 2. The normalized spacial score (nSPS) is 14.5. The molecule has 0 heterocycles. The first-order valence-electron chi connectivity index (χ1n) is 4.36. The summed E-state index contributed by atoms with van der Waals surface area (Å²) in [6.07, 6.45) is -4.05. The zero-order valence-electron chi connectivity index (χ0n) is 8.47. The number of nitriles is 2. The summed E-state index contributed by atoms with van der Waals surface area (Å²) < 4.78 is 36.4. The lowest BCUT2D eigenvalue weighted by molar-refractivity contribution is -0.128. The second-order valence-corrected chi connectivity index (χ2v) is 3.18. The van der Waals surface area contributed by atoms with Crippen LogP contribution >= 0.6 is 0 Å². The monoisotopic (exact) mass is 216 g/mol. The summed E-state index contributed by atoms with van der Waals surface area (Å²) in [6.45, 7) is 2.93. The molecule has 0 fully saturated rings. The summed E-state index contributed by atoms with van der Waals surface area (Å²) >= 11 is 0. The van der Waals surface area contributed by atoms with Crippen molar-refractivity contribution in [3.05, 3.63) is 11.6 Å². The Hall–Kier alpha value is -1.49. The maximum atomic E-state index is 12.1. The van der Waals surface area contributed by atoms with Gasteiger partial charge in [0.1, 0.15) is 5.92 Å². The topological polar surface area (TPSA) is 47.6 Å². The molecule has 0 N–H and O–H groups in total. The van der Waals surface area contributed by atoms with Gasteiger partial charge in [0.15, 0.2) is 0 Å². The smallest absolute Gasteiger partial charge is 0.197 e. The zero-order chi connectivity index (χ0) is 12.1. The molecule has 0 aromatic carbocycles. The van der Waals surface area contributed by atoms with Crippen LogP contribution in [0.15, 0.2) is 11.6 Å². The van der Waals surface area contributed by atoms with Crippen LogP contribution in [0.25, 0.3) is 0 Å². The molecule has 5 heteroatoms. The molecule has 0 bridgehead atoms. The van der Waals surface area contributed by atoms with Gasteiger partial charge in [-0.3, -0.25) is 0 Å². The van der Waals surface area contributed by atoms with Crippen LogP contribution in [0.4, 0.5) is 13.2 Å². The van der Waals surface area contributed by atoms with Crippen molar-refractivity contribution in [2.75, 3.05) is 0 Å². The maximum absolute atomic E-state index is 12.1. The molecule has 0 aliphatic rings. The molecule has 82 valence electrons. The maximum Gasteiger partial charge on any atom is 0.392 e. The van der Waals surface area contributed by atoms with Gasteiger partial charge in [-0.2, -0.15) is 23.7 Å². The largest absolute Gasteiger partial charge is 0.392 e. The third kappa shape index (κ3) is 4.51. The van der Waals surface area contributed by atoms with E-state index >= 15 is 0 Å². The van der Waals surface area contributed by atoms with Crippen LogP contribution in [0.1, 0.15) is 20.3 Å². The van der Waals surface area contributed by atoms with Gasteiger partial charge >= 0.3 is 6.18 Å². The van der Waals surface area contributed by atoms with Crippen molar-refractivity contribution >= 4 is 0 Å². The summed E-state index contributed by atoms with van der Waals surface area (Å²) in [6, 6.07) is 3.37. The molecule has 0 rings (SSSR count). The first kappa shape index (κ1) is 13.5. The number of hydrogen-bond acceptors (Lipinski definition) is 2. The predicted octanol–water partition coefficient (Wildman–Crippen LogP) is 3.18. The minimum atomic E-state index is -4.30. The third-order valence-corrected chi connectivity index (χ3v) is 2.14. The van der Waals surface area contributed by atoms with Gasteiger partial charge in [0.25, 0.3) is 0 Å². The molecule has 1 unspecified atom stereocenters. The highest BCUT2D eigenvalue weighted by molar-refractivity contribution is 5.16. The third-order valence-electron chi connectivity index (χ3n) is 2.14.